The highest BCUT2D eigenvalue weighted by atomic mass is 19.1. The van der Waals surface area contributed by atoms with E-state index in [4.69, 9.17) is 9.47 Å². The fraction of sp³-hybridized carbons (Fsp3) is 0.276. The Labute approximate surface area is 211 Å². The molecule has 0 spiro atoms. The lowest BCUT2D eigenvalue weighted by Gasteiger charge is -2.35. The standard InChI is InChI=1S/C29H30FN3O3/c1-35-24-11-9-22(26(30)19-24)20-31-14-16-32(17-15-31)29(34)25-12-10-23(18-28(25)36-2)33-13-5-7-21-6-3-4-8-27(21)33/h3-12,18-19H,13-17,20H2,1-2H3. The Hall–Kier alpha value is -3.84. The second-order valence-corrected chi connectivity index (χ2v) is 8.98. The number of anilines is 2. The summed E-state index contributed by atoms with van der Waals surface area (Å²) in [6.45, 7) is 3.76. The van der Waals surface area contributed by atoms with E-state index in [0.29, 0.717) is 55.3 Å². The van der Waals surface area contributed by atoms with Gasteiger partial charge in [-0.05, 0) is 29.8 Å². The maximum Gasteiger partial charge on any atom is 0.257 e. The van der Waals surface area contributed by atoms with Gasteiger partial charge in [-0.3, -0.25) is 9.69 Å². The summed E-state index contributed by atoms with van der Waals surface area (Å²) in [5.41, 5.74) is 4.45. The first-order valence-corrected chi connectivity index (χ1v) is 12.1. The number of hydrogen-bond donors (Lipinski definition) is 0. The number of methoxy groups -OCH3 is 2. The van der Waals surface area contributed by atoms with Crippen LogP contribution in [-0.2, 0) is 6.54 Å². The fourth-order valence-corrected chi connectivity index (χ4v) is 4.83. The van der Waals surface area contributed by atoms with E-state index in [0.717, 1.165) is 23.5 Å². The summed E-state index contributed by atoms with van der Waals surface area (Å²) < 4.78 is 25.1. The normalized spacial score (nSPS) is 15.5. The van der Waals surface area contributed by atoms with E-state index in [1.807, 2.05) is 35.2 Å². The smallest absolute Gasteiger partial charge is 0.257 e. The molecule has 2 heterocycles. The van der Waals surface area contributed by atoms with Crippen molar-refractivity contribution in [3.8, 4) is 11.5 Å². The molecule has 1 amide bonds. The number of nitrogens with zero attached hydrogens (tertiary/aromatic N) is 3. The first-order chi connectivity index (χ1) is 17.6. The number of ether oxygens (including phenoxy) is 2. The molecule has 0 bridgehead atoms. The van der Waals surface area contributed by atoms with E-state index in [2.05, 4.69) is 34.1 Å². The van der Waals surface area contributed by atoms with Crippen molar-refractivity contribution in [3.05, 3.63) is 89.2 Å². The molecule has 0 atom stereocenters. The molecular weight excluding hydrogens is 457 g/mol. The van der Waals surface area contributed by atoms with E-state index in [1.165, 1.54) is 13.2 Å². The van der Waals surface area contributed by atoms with Gasteiger partial charge in [0.2, 0.25) is 0 Å². The van der Waals surface area contributed by atoms with Crippen LogP contribution in [0.1, 0.15) is 21.5 Å². The molecule has 0 radical (unpaired) electrons. The summed E-state index contributed by atoms with van der Waals surface area (Å²) in [6.07, 6.45) is 4.26. The molecule has 0 aromatic heterocycles. The number of piperazine rings is 1. The summed E-state index contributed by atoms with van der Waals surface area (Å²) in [5, 5.41) is 0. The second-order valence-electron chi connectivity index (χ2n) is 8.98. The van der Waals surface area contributed by atoms with Crippen molar-refractivity contribution in [2.75, 3.05) is 51.8 Å². The zero-order valence-corrected chi connectivity index (χ0v) is 20.6. The van der Waals surface area contributed by atoms with Gasteiger partial charge in [0.15, 0.2) is 0 Å². The Bertz CT molecular complexity index is 1280. The van der Waals surface area contributed by atoms with Crippen molar-refractivity contribution in [1.82, 2.24) is 9.80 Å². The largest absolute Gasteiger partial charge is 0.497 e. The van der Waals surface area contributed by atoms with Crippen LogP contribution in [-0.4, -0.2) is 62.7 Å². The van der Waals surface area contributed by atoms with Gasteiger partial charge in [-0.2, -0.15) is 0 Å². The minimum Gasteiger partial charge on any atom is -0.497 e. The van der Waals surface area contributed by atoms with Gasteiger partial charge in [-0.25, -0.2) is 4.39 Å². The van der Waals surface area contributed by atoms with Gasteiger partial charge in [-0.1, -0.05) is 36.4 Å². The molecule has 0 N–H and O–H groups in total. The third-order valence-electron chi connectivity index (χ3n) is 6.85. The van der Waals surface area contributed by atoms with Gasteiger partial charge < -0.3 is 19.3 Å². The second kappa shape index (κ2) is 10.4. The Balaban J connectivity index is 1.26. The quantitative estimate of drug-likeness (QED) is 0.492. The number of carbonyl (C=O) groups is 1. The Morgan fingerprint density at radius 3 is 2.50 bits per heavy atom. The highest BCUT2D eigenvalue weighted by Crippen LogP contribution is 2.35. The zero-order valence-electron chi connectivity index (χ0n) is 20.6. The molecule has 7 heteroatoms. The molecule has 36 heavy (non-hydrogen) atoms. The Morgan fingerprint density at radius 1 is 0.944 bits per heavy atom. The van der Waals surface area contributed by atoms with Crippen LogP contribution in [0.2, 0.25) is 0 Å². The summed E-state index contributed by atoms with van der Waals surface area (Å²) >= 11 is 0. The molecule has 186 valence electrons. The van der Waals surface area contributed by atoms with Crippen molar-refractivity contribution in [2.24, 2.45) is 0 Å². The van der Waals surface area contributed by atoms with Gasteiger partial charge in [-0.15, -0.1) is 0 Å². The Morgan fingerprint density at radius 2 is 1.75 bits per heavy atom. The molecule has 3 aromatic carbocycles. The number of carbonyl (C=O) groups excluding carboxylic acids is 1. The number of fused-ring (bicyclic) bond motifs is 1. The van der Waals surface area contributed by atoms with Gasteiger partial charge in [0.25, 0.3) is 5.91 Å². The van der Waals surface area contributed by atoms with Crippen LogP contribution in [0.25, 0.3) is 6.08 Å². The monoisotopic (exact) mass is 487 g/mol. The predicted octanol–water partition coefficient (Wildman–Crippen LogP) is 4.97. The first kappa shape index (κ1) is 23.9. The van der Waals surface area contributed by atoms with Crippen molar-refractivity contribution in [3.63, 3.8) is 0 Å². The van der Waals surface area contributed by atoms with Gasteiger partial charge in [0.05, 0.1) is 19.8 Å². The summed E-state index contributed by atoms with van der Waals surface area (Å²) in [7, 11) is 3.12. The highest BCUT2D eigenvalue weighted by molar-refractivity contribution is 5.98. The van der Waals surface area contributed by atoms with Crippen LogP contribution in [0, 0.1) is 5.82 Å². The molecule has 0 aliphatic carbocycles. The minimum absolute atomic E-state index is 0.0485. The molecule has 6 nitrogen and oxygen atoms in total. The van der Waals surface area contributed by atoms with Crippen LogP contribution in [0.15, 0.2) is 66.7 Å². The maximum atomic E-state index is 14.4. The number of amides is 1. The van der Waals surface area contributed by atoms with Crippen LogP contribution in [0.4, 0.5) is 15.8 Å². The molecule has 2 aliphatic rings. The molecular formula is C29H30FN3O3. The third-order valence-corrected chi connectivity index (χ3v) is 6.85. The Kier molecular flexibility index (Phi) is 6.91. The van der Waals surface area contributed by atoms with Crippen LogP contribution in [0.5, 0.6) is 11.5 Å². The zero-order chi connectivity index (χ0) is 25.1. The number of rotatable bonds is 6. The van der Waals surface area contributed by atoms with E-state index < -0.39 is 0 Å². The molecule has 2 aliphatic heterocycles. The summed E-state index contributed by atoms with van der Waals surface area (Å²) in [6, 6.07) is 19.0. The van der Waals surface area contributed by atoms with Crippen molar-refractivity contribution in [1.29, 1.82) is 0 Å². The topological polar surface area (TPSA) is 45.2 Å². The van der Waals surface area contributed by atoms with Gasteiger partial charge in [0.1, 0.15) is 17.3 Å². The average molecular weight is 488 g/mol. The SMILES string of the molecule is COc1ccc(CN2CCN(C(=O)c3ccc(N4CC=Cc5ccccc54)cc3OC)CC2)c(F)c1. The summed E-state index contributed by atoms with van der Waals surface area (Å²) in [5.74, 6) is 0.747. The average Bonchev–Trinajstić information content (AvgIpc) is 2.93. The minimum atomic E-state index is -0.274. The predicted molar refractivity (Wildman–Crippen MR) is 140 cm³/mol. The van der Waals surface area contributed by atoms with Gasteiger partial charge in [0, 0.05) is 68.3 Å². The maximum absolute atomic E-state index is 14.4. The highest BCUT2D eigenvalue weighted by Gasteiger charge is 2.26. The van der Waals surface area contributed by atoms with E-state index in [-0.39, 0.29) is 11.7 Å². The lowest BCUT2D eigenvalue weighted by molar-refractivity contribution is 0.0624. The number of benzene rings is 3. The van der Waals surface area contributed by atoms with Crippen molar-refractivity contribution >= 4 is 23.4 Å². The molecule has 5 rings (SSSR count). The lowest BCUT2D eigenvalue weighted by Crippen LogP contribution is -2.48. The number of para-hydroxylation sites is 1. The number of halogens is 1. The van der Waals surface area contributed by atoms with E-state index in [9.17, 15) is 9.18 Å². The first-order valence-electron chi connectivity index (χ1n) is 12.1. The van der Waals surface area contributed by atoms with E-state index in [1.54, 1.807) is 19.2 Å². The van der Waals surface area contributed by atoms with Crippen LogP contribution in [0.3, 0.4) is 0 Å². The number of hydrogen-bond acceptors (Lipinski definition) is 5. The third kappa shape index (κ3) is 4.79. The van der Waals surface area contributed by atoms with Crippen LogP contribution < -0.4 is 14.4 Å². The molecule has 0 unspecified atom stereocenters. The fourth-order valence-electron chi connectivity index (χ4n) is 4.83. The molecule has 1 fully saturated rings. The molecule has 0 saturated carbocycles. The van der Waals surface area contributed by atoms with Crippen molar-refractivity contribution in [2.45, 2.75) is 6.54 Å². The van der Waals surface area contributed by atoms with E-state index >= 15 is 0 Å². The van der Waals surface area contributed by atoms with Gasteiger partial charge >= 0.3 is 0 Å². The molecule has 1 saturated heterocycles. The van der Waals surface area contributed by atoms with Crippen LogP contribution >= 0.6 is 0 Å². The van der Waals surface area contributed by atoms with Crippen molar-refractivity contribution < 1.29 is 18.7 Å². The summed E-state index contributed by atoms with van der Waals surface area (Å²) in [4.78, 5) is 19.6. The molecule has 3 aromatic rings. The lowest BCUT2D eigenvalue weighted by atomic mass is 10.1.